The van der Waals surface area contributed by atoms with Crippen LogP contribution in [0.2, 0.25) is 0 Å². The van der Waals surface area contributed by atoms with Gasteiger partial charge in [-0.15, -0.1) is 0 Å². The number of esters is 1. The molecule has 0 bridgehead atoms. The van der Waals surface area contributed by atoms with Crippen molar-refractivity contribution >= 4 is 23.7 Å². The monoisotopic (exact) mass is 545 g/mol. The number of allylic oxidation sites excluding steroid dienone is 1. The third-order valence-electron chi connectivity index (χ3n) is 8.01. The number of hydrogen-bond acceptors (Lipinski definition) is 8. The van der Waals surface area contributed by atoms with Gasteiger partial charge in [-0.3, -0.25) is 9.59 Å². The molecule has 39 heavy (non-hydrogen) atoms. The Bertz CT molecular complexity index is 1090. The lowest BCUT2D eigenvalue weighted by molar-refractivity contribution is -0.805. The third kappa shape index (κ3) is 5.89. The van der Waals surface area contributed by atoms with Crippen LogP contribution < -0.4 is 5.32 Å². The van der Waals surface area contributed by atoms with Crippen molar-refractivity contribution in [3.63, 3.8) is 0 Å². The summed E-state index contributed by atoms with van der Waals surface area (Å²) in [4.78, 5) is 56.6. The van der Waals surface area contributed by atoms with E-state index in [-0.39, 0.29) is 41.0 Å². The molecule has 11 nitrogen and oxygen atoms in total. The predicted molar refractivity (Wildman–Crippen MR) is 141 cm³/mol. The summed E-state index contributed by atoms with van der Waals surface area (Å²) < 4.78 is 16.6. The fraction of sp³-hybridized carbons (Fsp3) is 0.643. The zero-order valence-electron chi connectivity index (χ0n) is 23.6. The number of amides is 3. The molecule has 11 heteroatoms. The topological polar surface area (TPSA) is 118 Å². The molecule has 0 saturated carbocycles. The van der Waals surface area contributed by atoms with Crippen molar-refractivity contribution in [1.82, 2.24) is 15.1 Å². The van der Waals surface area contributed by atoms with Crippen molar-refractivity contribution in [2.75, 3.05) is 34.0 Å². The lowest BCUT2D eigenvalue weighted by Crippen LogP contribution is -2.62. The van der Waals surface area contributed by atoms with E-state index in [0.717, 1.165) is 12.8 Å². The summed E-state index contributed by atoms with van der Waals surface area (Å²) in [6, 6.07) is -1.06. The summed E-state index contributed by atoms with van der Waals surface area (Å²) in [5.41, 5.74) is 0.502. The molecular formula is C28H41N4O7+. The van der Waals surface area contributed by atoms with Crippen LogP contribution in [0, 0.1) is 5.92 Å². The van der Waals surface area contributed by atoms with Crippen LogP contribution in [0.3, 0.4) is 0 Å². The molecule has 4 rings (SSSR count). The van der Waals surface area contributed by atoms with Crippen molar-refractivity contribution < 1.29 is 37.9 Å². The maximum Gasteiger partial charge on any atom is 0.351 e. The van der Waals surface area contributed by atoms with Crippen molar-refractivity contribution in [3.8, 4) is 0 Å². The van der Waals surface area contributed by atoms with Gasteiger partial charge in [-0.05, 0) is 31.9 Å². The molecule has 0 aromatic carbocycles. The summed E-state index contributed by atoms with van der Waals surface area (Å²) in [6.07, 6.45) is 8.69. The highest BCUT2D eigenvalue weighted by atomic mass is 16.7. The Morgan fingerprint density at radius 3 is 2.72 bits per heavy atom. The van der Waals surface area contributed by atoms with Gasteiger partial charge in [-0.2, -0.15) is 0 Å². The number of rotatable bonds is 10. The van der Waals surface area contributed by atoms with Crippen LogP contribution in [0.1, 0.15) is 52.9 Å². The Morgan fingerprint density at radius 1 is 1.26 bits per heavy atom. The Kier molecular flexibility index (Phi) is 8.80. The van der Waals surface area contributed by atoms with Gasteiger partial charge in [0.25, 0.3) is 11.8 Å². The van der Waals surface area contributed by atoms with E-state index in [1.807, 2.05) is 40.1 Å². The summed E-state index contributed by atoms with van der Waals surface area (Å²) in [5, 5.41) is 2.77. The van der Waals surface area contributed by atoms with Gasteiger partial charge in [0.2, 0.25) is 12.9 Å². The molecule has 2 fully saturated rings. The summed E-state index contributed by atoms with van der Waals surface area (Å²) >= 11 is 0. The Balaban J connectivity index is 1.59. The van der Waals surface area contributed by atoms with E-state index in [0.29, 0.717) is 43.7 Å². The van der Waals surface area contributed by atoms with E-state index in [2.05, 4.69) is 5.32 Å². The minimum absolute atomic E-state index is 0.121. The zero-order chi connectivity index (χ0) is 28.3. The van der Waals surface area contributed by atoms with Crippen LogP contribution in [-0.4, -0.2) is 96.2 Å². The van der Waals surface area contributed by atoms with E-state index >= 15 is 0 Å². The number of nitrogens with one attached hydrogen (secondary N) is 1. The van der Waals surface area contributed by atoms with Gasteiger partial charge in [-0.25, -0.2) is 14.1 Å². The molecule has 0 aliphatic carbocycles. The minimum atomic E-state index is -0.947. The Hall–Kier alpha value is -3.18. The van der Waals surface area contributed by atoms with Gasteiger partial charge in [0.05, 0.1) is 18.7 Å². The molecule has 0 radical (unpaired) electrons. The number of carbonyl (C=O) groups excluding carboxylic acids is 4. The van der Waals surface area contributed by atoms with Crippen molar-refractivity contribution in [1.29, 1.82) is 0 Å². The second kappa shape index (κ2) is 11.9. The fourth-order valence-electron chi connectivity index (χ4n) is 5.68. The second-order valence-corrected chi connectivity index (χ2v) is 10.9. The van der Waals surface area contributed by atoms with Gasteiger partial charge in [0, 0.05) is 38.7 Å². The van der Waals surface area contributed by atoms with E-state index < -0.39 is 24.2 Å². The maximum atomic E-state index is 14.0. The number of nitrogens with zero attached hydrogens (tertiary/aromatic N) is 3. The van der Waals surface area contributed by atoms with Crippen LogP contribution in [0.5, 0.6) is 0 Å². The molecule has 3 unspecified atom stereocenters. The lowest BCUT2D eigenvalue weighted by Gasteiger charge is -2.37. The molecular weight excluding hydrogens is 504 g/mol. The Labute approximate surface area is 230 Å². The predicted octanol–water partition coefficient (Wildman–Crippen LogP) is 1.76. The molecule has 0 spiro atoms. The van der Waals surface area contributed by atoms with E-state index in [1.54, 1.807) is 29.2 Å². The van der Waals surface area contributed by atoms with Crippen LogP contribution in [0.15, 0.2) is 36.0 Å². The number of quaternary nitrogens is 1. The normalized spacial score (nSPS) is 30.5. The lowest BCUT2D eigenvalue weighted by atomic mass is 9.94. The zero-order valence-corrected chi connectivity index (χ0v) is 23.6. The van der Waals surface area contributed by atoms with E-state index in [9.17, 15) is 19.2 Å². The Morgan fingerprint density at radius 2 is 2.03 bits per heavy atom. The van der Waals surface area contributed by atoms with Crippen LogP contribution >= 0.6 is 0 Å². The number of ether oxygens (including phenoxy) is 3. The fourth-order valence-corrected chi connectivity index (χ4v) is 5.68. The van der Waals surface area contributed by atoms with Crippen LogP contribution in [0.4, 0.5) is 0 Å². The molecule has 4 heterocycles. The van der Waals surface area contributed by atoms with Crippen LogP contribution in [0.25, 0.3) is 0 Å². The summed E-state index contributed by atoms with van der Waals surface area (Å²) in [6.45, 7) is 6.59. The molecule has 4 aliphatic rings. The average Bonchev–Trinajstić information content (AvgIpc) is 3.59. The standard InChI is InChI=1S/C28H40N4O7/c1-6-12-29-25(33)23-24(39-23)27(35)32(5)16-21(37-17-38-28(36)19-10-8-13-30(4)15-19)20-11-9-14-31(20)26(34)22(32)18(3)7-2/h8,13,15-16,18,20,22-24H,6-7,9-12,14,17H2,1-5H3/p+1/t18-,20?,22-,23-,24?,32?/m0/s1. The summed E-state index contributed by atoms with van der Waals surface area (Å²) in [7, 11) is 3.51. The van der Waals surface area contributed by atoms with E-state index in [1.165, 1.54) is 0 Å². The molecule has 0 aromatic rings. The highest BCUT2D eigenvalue weighted by molar-refractivity contribution is 5.94. The average molecular weight is 546 g/mol. The molecule has 4 aliphatic heterocycles. The molecule has 214 valence electrons. The van der Waals surface area contributed by atoms with E-state index in [4.69, 9.17) is 14.2 Å². The summed E-state index contributed by atoms with van der Waals surface area (Å²) in [5.74, 6) is -1.02. The number of likely N-dealkylation sites (N-methyl/N-ethyl adjacent to an activating group) is 1. The molecule has 2 saturated heterocycles. The first kappa shape index (κ1) is 28.8. The van der Waals surface area contributed by atoms with Gasteiger partial charge >= 0.3 is 11.9 Å². The number of carbonyl (C=O) groups is 4. The first-order chi connectivity index (χ1) is 18.6. The first-order valence-electron chi connectivity index (χ1n) is 13.9. The van der Waals surface area contributed by atoms with Gasteiger partial charge < -0.3 is 29.3 Å². The molecule has 3 amide bonds. The first-order valence-corrected chi connectivity index (χ1v) is 13.9. The van der Waals surface area contributed by atoms with Crippen molar-refractivity contribution in [2.45, 2.75) is 77.2 Å². The molecule has 6 atom stereocenters. The largest absolute Gasteiger partial charge is 0.454 e. The smallest absolute Gasteiger partial charge is 0.351 e. The second-order valence-electron chi connectivity index (χ2n) is 10.9. The highest BCUT2D eigenvalue weighted by Gasteiger charge is 2.62. The minimum Gasteiger partial charge on any atom is -0.454 e. The molecule has 1 N–H and O–H groups in total. The van der Waals surface area contributed by atoms with Crippen molar-refractivity contribution in [2.24, 2.45) is 5.92 Å². The van der Waals surface area contributed by atoms with Crippen molar-refractivity contribution in [3.05, 3.63) is 36.0 Å². The van der Waals surface area contributed by atoms with Gasteiger partial charge in [0.1, 0.15) is 6.20 Å². The third-order valence-corrected chi connectivity index (χ3v) is 8.01. The SMILES string of the molecule is CCCNC(=O)[C@H]1OC1C(=O)[N+]1(C)C=C(OCOC(=O)C2=CN(C)C=CC2)C2CCCN2C(=O)[C@@H]1[C@@H](C)CC. The number of fused-ring (bicyclic) bond motifs is 1. The quantitative estimate of drug-likeness (QED) is 0.191. The van der Waals surface area contributed by atoms with Gasteiger partial charge in [-0.1, -0.05) is 26.8 Å². The number of hydrogen-bond donors (Lipinski definition) is 1. The molecule has 0 aromatic heterocycles. The van der Waals surface area contributed by atoms with Crippen LogP contribution in [-0.2, 0) is 33.4 Å². The maximum absolute atomic E-state index is 14.0. The number of epoxide rings is 1. The van der Waals surface area contributed by atoms with Gasteiger partial charge in [0.15, 0.2) is 17.9 Å². The highest BCUT2D eigenvalue weighted by Crippen LogP contribution is 2.38.